The van der Waals surface area contributed by atoms with Crippen LogP contribution in [0.2, 0.25) is 0 Å². The third-order valence-corrected chi connectivity index (χ3v) is 4.09. The Morgan fingerprint density at radius 1 is 1.50 bits per heavy atom. The van der Waals surface area contributed by atoms with Crippen LogP contribution < -0.4 is 11.4 Å². The molecular weight excluding hydrogens is 272 g/mol. The van der Waals surface area contributed by atoms with Gasteiger partial charge in [-0.3, -0.25) is 4.57 Å². The molecule has 0 aliphatic carbocycles. The lowest BCUT2D eigenvalue weighted by molar-refractivity contribution is 0.660. The van der Waals surface area contributed by atoms with E-state index in [1.807, 2.05) is 13.8 Å². The molecule has 0 amide bonds. The summed E-state index contributed by atoms with van der Waals surface area (Å²) in [5, 5.41) is 7.22. The average Bonchev–Trinajstić information content (AvgIpc) is 2.73. The zero-order chi connectivity index (χ0) is 14.7. The van der Waals surface area contributed by atoms with Crippen molar-refractivity contribution in [1.82, 2.24) is 14.8 Å². The molecule has 0 fully saturated rings. The van der Waals surface area contributed by atoms with Crippen molar-refractivity contribution < 1.29 is 0 Å². The van der Waals surface area contributed by atoms with Crippen LogP contribution in [-0.2, 0) is 13.0 Å². The first kappa shape index (κ1) is 14.9. The monoisotopic (exact) mass is 292 g/mol. The van der Waals surface area contributed by atoms with Crippen molar-refractivity contribution in [3.8, 4) is 0 Å². The number of H-pyrrole nitrogens is 1. The Morgan fingerprint density at radius 3 is 2.85 bits per heavy atom. The third kappa shape index (κ3) is 3.32. The number of nitrogens with one attached hydrogen (secondary N) is 1. The number of aryl methyl sites for hydroxylation is 1. The van der Waals surface area contributed by atoms with Gasteiger partial charge in [0.2, 0.25) is 0 Å². The first-order chi connectivity index (χ1) is 9.51. The summed E-state index contributed by atoms with van der Waals surface area (Å²) in [5.74, 6) is 0. The second-order valence-electron chi connectivity index (χ2n) is 4.93. The van der Waals surface area contributed by atoms with Crippen LogP contribution in [0.4, 0.5) is 0 Å². The summed E-state index contributed by atoms with van der Waals surface area (Å²) in [5.41, 5.74) is 8.15. The molecule has 0 bridgehead atoms. The Balaban J connectivity index is 2.22. The van der Waals surface area contributed by atoms with E-state index in [2.05, 4.69) is 35.3 Å². The van der Waals surface area contributed by atoms with Gasteiger partial charge in [0.25, 0.3) is 0 Å². The molecule has 0 spiro atoms. The van der Waals surface area contributed by atoms with Gasteiger partial charge in [0.05, 0.1) is 0 Å². The normalized spacial score (nSPS) is 12.6. The zero-order valence-electron chi connectivity index (χ0n) is 12.0. The van der Waals surface area contributed by atoms with Gasteiger partial charge in [0.1, 0.15) is 0 Å². The summed E-state index contributed by atoms with van der Waals surface area (Å²) in [4.78, 5) is 12.6. The van der Waals surface area contributed by atoms with Crippen LogP contribution in [0.25, 0.3) is 0 Å². The van der Waals surface area contributed by atoms with Crippen molar-refractivity contribution in [3.63, 3.8) is 0 Å². The number of rotatable bonds is 5. The summed E-state index contributed by atoms with van der Waals surface area (Å²) in [6, 6.07) is 6.42. The smallest absolute Gasteiger partial charge is 0.328 e. The van der Waals surface area contributed by atoms with Crippen LogP contribution in [0.1, 0.15) is 25.0 Å². The maximum atomic E-state index is 11.5. The molecule has 0 aliphatic heterocycles. The summed E-state index contributed by atoms with van der Waals surface area (Å²) in [7, 11) is 0. The molecule has 1 unspecified atom stereocenters. The van der Waals surface area contributed by atoms with Crippen molar-refractivity contribution in [3.05, 3.63) is 39.8 Å². The molecule has 1 aromatic carbocycles. The minimum atomic E-state index is -0.166. The lowest BCUT2D eigenvalue weighted by Crippen LogP contribution is -2.18. The van der Waals surface area contributed by atoms with Crippen LogP contribution in [-0.4, -0.2) is 20.8 Å². The highest BCUT2D eigenvalue weighted by Crippen LogP contribution is 2.27. The molecule has 0 aliphatic rings. The van der Waals surface area contributed by atoms with Gasteiger partial charge in [-0.05, 0) is 62.2 Å². The highest BCUT2D eigenvalue weighted by atomic mass is 32.2. The molecule has 108 valence electrons. The molecule has 20 heavy (non-hydrogen) atoms. The van der Waals surface area contributed by atoms with Gasteiger partial charge in [-0.25, -0.2) is 9.89 Å². The van der Waals surface area contributed by atoms with E-state index in [9.17, 15) is 4.79 Å². The molecule has 2 rings (SSSR count). The summed E-state index contributed by atoms with van der Waals surface area (Å²) >= 11 is 1.49. The molecule has 3 N–H and O–H groups in total. The number of aromatic nitrogens is 3. The van der Waals surface area contributed by atoms with Crippen LogP contribution in [0, 0.1) is 6.92 Å². The molecule has 0 saturated carbocycles. The fraction of sp³-hybridized carbons (Fsp3) is 0.429. The summed E-state index contributed by atoms with van der Waals surface area (Å²) in [6.45, 7) is 6.63. The number of benzene rings is 1. The van der Waals surface area contributed by atoms with Gasteiger partial charge in [-0.1, -0.05) is 6.07 Å². The van der Waals surface area contributed by atoms with Gasteiger partial charge < -0.3 is 5.73 Å². The van der Waals surface area contributed by atoms with E-state index in [0.29, 0.717) is 11.7 Å². The molecule has 0 saturated heterocycles. The fourth-order valence-corrected chi connectivity index (χ4v) is 3.07. The van der Waals surface area contributed by atoms with E-state index >= 15 is 0 Å². The molecule has 1 atom stereocenters. The number of hydrogen-bond donors (Lipinski definition) is 2. The van der Waals surface area contributed by atoms with Crippen LogP contribution >= 0.6 is 11.8 Å². The first-order valence-electron chi connectivity index (χ1n) is 6.69. The Kier molecular flexibility index (Phi) is 4.67. The lowest BCUT2D eigenvalue weighted by Gasteiger charge is -2.10. The van der Waals surface area contributed by atoms with Crippen molar-refractivity contribution in [1.29, 1.82) is 0 Å². The average molecular weight is 292 g/mol. The van der Waals surface area contributed by atoms with Gasteiger partial charge in [-0.2, -0.15) is 0 Å². The van der Waals surface area contributed by atoms with Crippen LogP contribution in [0.5, 0.6) is 0 Å². The van der Waals surface area contributed by atoms with E-state index in [4.69, 9.17) is 5.73 Å². The van der Waals surface area contributed by atoms with E-state index in [0.717, 1.165) is 11.3 Å². The van der Waals surface area contributed by atoms with Crippen molar-refractivity contribution in [2.75, 3.05) is 0 Å². The molecule has 1 heterocycles. The lowest BCUT2D eigenvalue weighted by atomic mass is 10.0. The maximum absolute atomic E-state index is 11.5. The molecule has 0 radical (unpaired) electrons. The van der Waals surface area contributed by atoms with Crippen LogP contribution in [0.3, 0.4) is 0 Å². The first-order valence-corrected chi connectivity index (χ1v) is 7.51. The number of aromatic amines is 1. The quantitative estimate of drug-likeness (QED) is 0.883. The van der Waals surface area contributed by atoms with E-state index < -0.39 is 0 Å². The minimum Gasteiger partial charge on any atom is -0.328 e. The maximum Gasteiger partial charge on any atom is 0.343 e. The fourth-order valence-electron chi connectivity index (χ4n) is 2.07. The standard InChI is InChI=1S/C14H20N4OS/c1-4-18-13(19)16-17-14(18)20-12-6-5-11(8-10(3)15)9(2)7-12/h5-7,10H,4,8,15H2,1-3H3,(H,16,19). The van der Waals surface area contributed by atoms with Gasteiger partial charge in [0.15, 0.2) is 5.16 Å². The van der Waals surface area contributed by atoms with E-state index in [1.54, 1.807) is 4.57 Å². The van der Waals surface area contributed by atoms with Crippen molar-refractivity contribution in [2.24, 2.45) is 5.73 Å². The molecule has 6 heteroatoms. The number of hydrogen-bond acceptors (Lipinski definition) is 4. The Hall–Kier alpha value is -1.53. The molecule has 5 nitrogen and oxygen atoms in total. The van der Waals surface area contributed by atoms with Gasteiger partial charge in [0, 0.05) is 17.5 Å². The van der Waals surface area contributed by atoms with Crippen LogP contribution in [0.15, 0.2) is 33.0 Å². The molecule has 1 aromatic heterocycles. The summed E-state index contributed by atoms with van der Waals surface area (Å²) in [6.07, 6.45) is 0.874. The minimum absolute atomic E-state index is 0.156. The molecular formula is C14H20N4OS. The Morgan fingerprint density at radius 2 is 2.25 bits per heavy atom. The van der Waals surface area contributed by atoms with E-state index in [-0.39, 0.29) is 11.7 Å². The Labute approximate surface area is 122 Å². The number of nitrogens with two attached hydrogens (primary N) is 1. The van der Waals surface area contributed by atoms with Crippen molar-refractivity contribution in [2.45, 2.75) is 49.8 Å². The van der Waals surface area contributed by atoms with Gasteiger partial charge >= 0.3 is 5.69 Å². The molecule has 2 aromatic rings. The predicted octanol–water partition coefficient (Wildman–Crippen LogP) is 1.94. The topological polar surface area (TPSA) is 76.7 Å². The van der Waals surface area contributed by atoms with Gasteiger partial charge in [-0.15, -0.1) is 5.10 Å². The Bertz CT molecular complexity index is 645. The highest BCUT2D eigenvalue weighted by Gasteiger charge is 2.09. The SMILES string of the molecule is CCn1c(Sc2ccc(CC(C)N)c(C)c2)n[nH]c1=O. The summed E-state index contributed by atoms with van der Waals surface area (Å²) < 4.78 is 1.62. The second-order valence-corrected chi connectivity index (χ2v) is 5.97. The predicted molar refractivity (Wildman–Crippen MR) is 81.2 cm³/mol. The number of nitrogens with zero attached hydrogens (tertiary/aromatic N) is 2. The third-order valence-electron chi connectivity index (χ3n) is 3.10. The largest absolute Gasteiger partial charge is 0.343 e. The zero-order valence-corrected chi connectivity index (χ0v) is 12.8. The highest BCUT2D eigenvalue weighted by molar-refractivity contribution is 7.99. The van der Waals surface area contributed by atoms with Crippen molar-refractivity contribution >= 4 is 11.8 Å². The second kappa shape index (κ2) is 6.28. The van der Waals surface area contributed by atoms with E-state index in [1.165, 1.54) is 22.9 Å².